The molecule has 0 fully saturated rings. The lowest BCUT2D eigenvalue weighted by atomic mass is 9.99. The van der Waals surface area contributed by atoms with Gasteiger partial charge in [-0.3, -0.25) is 0 Å². The van der Waals surface area contributed by atoms with E-state index in [-0.39, 0.29) is 0 Å². The van der Waals surface area contributed by atoms with E-state index in [9.17, 15) is 4.79 Å². The van der Waals surface area contributed by atoms with Gasteiger partial charge >= 0.3 is 5.97 Å². The molecule has 0 bridgehead atoms. The normalized spacial score (nSPS) is 10.7. The molecule has 1 aromatic heterocycles. The second kappa shape index (κ2) is 4.33. The Labute approximate surface area is 106 Å². The number of aromatic nitrogens is 1. The molecule has 0 spiro atoms. The maximum atomic E-state index is 11.1. The SMILES string of the molecule is Cc1cc(C)c(-c2cc(C(=O)O)c(C)[nH]2)cc1C. The molecule has 1 heterocycles. The number of hydrogen-bond donors (Lipinski definition) is 2. The van der Waals surface area contributed by atoms with E-state index in [4.69, 9.17) is 5.11 Å². The number of nitrogens with one attached hydrogen (secondary N) is 1. The number of aryl methyl sites for hydroxylation is 4. The minimum absolute atomic E-state index is 0.336. The molecule has 0 aliphatic heterocycles. The van der Waals surface area contributed by atoms with Crippen molar-refractivity contribution in [1.29, 1.82) is 0 Å². The highest BCUT2D eigenvalue weighted by Gasteiger charge is 2.13. The Hall–Kier alpha value is -2.03. The minimum atomic E-state index is -0.892. The van der Waals surface area contributed by atoms with E-state index in [1.54, 1.807) is 13.0 Å². The average Bonchev–Trinajstić information content (AvgIpc) is 2.65. The Bertz CT molecular complexity index is 624. The van der Waals surface area contributed by atoms with E-state index in [0.717, 1.165) is 16.8 Å². The highest BCUT2D eigenvalue weighted by Crippen LogP contribution is 2.27. The molecule has 0 radical (unpaired) electrons. The van der Waals surface area contributed by atoms with Crippen LogP contribution in [0.3, 0.4) is 0 Å². The van der Waals surface area contributed by atoms with Gasteiger partial charge in [0.25, 0.3) is 0 Å². The molecule has 0 amide bonds. The summed E-state index contributed by atoms with van der Waals surface area (Å²) < 4.78 is 0. The zero-order chi connectivity index (χ0) is 13.4. The van der Waals surface area contributed by atoms with Crippen LogP contribution in [0.2, 0.25) is 0 Å². The quantitative estimate of drug-likeness (QED) is 0.846. The van der Waals surface area contributed by atoms with Gasteiger partial charge in [0, 0.05) is 17.0 Å². The number of carboxylic acid groups (broad SMARTS) is 1. The van der Waals surface area contributed by atoms with Crippen LogP contribution in [0.1, 0.15) is 32.7 Å². The zero-order valence-corrected chi connectivity index (χ0v) is 11.1. The molecular weight excluding hydrogens is 226 g/mol. The summed E-state index contributed by atoms with van der Waals surface area (Å²) in [4.78, 5) is 14.2. The summed E-state index contributed by atoms with van der Waals surface area (Å²) in [6, 6.07) is 5.93. The highest BCUT2D eigenvalue weighted by molar-refractivity contribution is 5.91. The lowest BCUT2D eigenvalue weighted by Crippen LogP contribution is -1.95. The molecule has 3 heteroatoms. The lowest BCUT2D eigenvalue weighted by molar-refractivity contribution is 0.0696. The first-order chi connectivity index (χ1) is 8.40. The summed E-state index contributed by atoms with van der Waals surface area (Å²) in [5.41, 5.74) is 6.56. The minimum Gasteiger partial charge on any atom is -0.478 e. The van der Waals surface area contributed by atoms with Crippen LogP contribution in [0.4, 0.5) is 0 Å². The first-order valence-electron chi connectivity index (χ1n) is 5.91. The van der Waals surface area contributed by atoms with Gasteiger partial charge in [-0.1, -0.05) is 6.07 Å². The van der Waals surface area contributed by atoms with Crippen molar-refractivity contribution in [3.05, 3.63) is 46.1 Å². The Morgan fingerprint density at radius 3 is 2.17 bits per heavy atom. The van der Waals surface area contributed by atoms with Crippen LogP contribution in [-0.4, -0.2) is 16.1 Å². The molecule has 0 atom stereocenters. The van der Waals surface area contributed by atoms with Crippen LogP contribution in [-0.2, 0) is 0 Å². The summed E-state index contributed by atoms with van der Waals surface area (Å²) in [5, 5.41) is 9.07. The molecule has 1 aromatic carbocycles. The molecule has 2 N–H and O–H groups in total. The fourth-order valence-corrected chi connectivity index (χ4v) is 2.18. The molecule has 0 aliphatic rings. The predicted molar refractivity (Wildman–Crippen MR) is 72.1 cm³/mol. The van der Waals surface area contributed by atoms with Gasteiger partial charge in [-0.2, -0.15) is 0 Å². The monoisotopic (exact) mass is 243 g/mol. The molecule has 18 heavy (non-hydrogen) atoms. The van der Waals surface area contributed by atoms with Crippen LogP contribution < -0.4 is 0 Å². The van der Waals surface area contributed by atoms with E-state index >= 15 is 0 Å². The number of hydrogen-bond acceptors (Lipinski definition) is 1. The second-order valence-electron chi connectivity index (χ2n) is 4.78. The first kappa shape index (κ1) is 12.4. The van der Waals surface area contributed by atoms with Crippen LogP contribution in [0.5, 0.6) is 0 Å². The molecule has 2 rings (SSSR count). The van der Waals surface area contributed by atoms with Crippen molar-refractivity contribution in [3.8, 4) is 11.3 Å². The number of aromatic carboxylic acids is 1. The van der Waals surface area contributed by atoms with Crippen molar-refractivity contribution >= 4 is 5.97 Å². The Kier molecular flexibility index (Phi) is 2.99. The van der Waals surface area contributed by atoms with Gasteiger partial charge in [0.2, 0.25) is 0 Å². The van der Waals surface area contributed by atoms with Gasteiger partial charge in [0.05, 0.1) is 5.56 Å². The van der Waals surface area contributed by atoms with Gasteiger partial charge in [-0.25, -0.2) is 4.79 Å². The summed E-state index contributed by atoms with van der Waals surface area (Å²) in [5.74, 6) is -0.892. The Balaban J connectivity index is 2.59. The largest absolute Gasteiger partial charge is 0.478 e. The number of benzene rings is 1. The topological polar surface area (TPSA) is 53.1 Å². The molecule has 3 nitrogen and oxygen atoms in total. The number of carbonyl (C=O) groups is 1. The van der Waals surface area contributed by atoms with E-state index in [1.807, 2.05) is 6.92 Å². The fourth-order valence-electron chi connectivity index (χ4n) is 2.18. The summed E-state index contributed by atoms with van der Waals surface area (Å²) >= 11 is 0. The van der Waals surface area contributed by atoms with E-state index in [2.05, 4.69) is 31.0 Å². The van der Waals surface area contributed by atoms with E-state index in [0.29, 0.717) is 11.3 Å². The molecule has 0 aliphatic carbocycles. The molecule has 2 aromatic rings. The van der Waals surface area contributed by atoms with Gasteiger partial charge in [-0.05, 0) is 56.5 Å². The van der Waals surface area contributed by atoms with Gasteiger partial charge in [0.15, 0.2) is 0 Å². The molecule has 0 saturated heterocycles. The summed E-state index contributed by atoms with van der Waals surface area (Å²) in [6.45, 7) is 7.96. The maximum absolute atomic E-state index is 11.1. The average molecular weight is 243 g/mol. The first-order valence-corrected chi connectivity index (χ1v) is 5.91. The van der Waals surface area contributed by atoms with Crippen molar-refractivity contribution < 1.29 is 9.90 Å². The number of H-pyrrole nitrogens is 1. The van der Waals surface area contributed by atoms with Crippen LogP contribution in [0, 0.1) is 27.7 Å². The standard InChI is InChI=1S/C15H17NO2/c1-8-5-10(3)12(6-9(8)2)14-7-13(15(17)18)11(4)16-14/h5-7,16H,1-4H3,(H,17,18). The van der Waals surface area contributed by atoms with Gasteiger partial charge < -0.3 is 10.1 Å². The van der Waals surface area contributed by atoms with Gasteiger partial charge in [-0.15, -0.1) is 0 Å². The van der Waals surface area contributed by atoms with Crippen LogP contribution >= 0.6 is 0 Å². The van der Waals surface area contributed by atoms with E-state index in [1.165, 1.54) is 11.1 Å². The smallest absolute Gasteiger partial charge is 0.337 e. The van der Waals surface area contributed by atoms with Crippen molar-refractivity contribution in [2.45, 2.75) is 27.7 Å². The third-order valence-electron chi connectivity index (χ3n) is 3.38. The van der Waals surface area contributed by atoms with Crippen LogP contribution in [0.15, 0.2) is 18.2 Å². The zero-order valence-electron chi connectivity index (χ0n) is 11.1. The van der Waals surface area contributed by atoms with Gasteiger partial charge in [0.1, 0.15) is 0 Å². The number of carboxylic acids is 1. The summed E-state index contributed by atoms with van der Waals surface area (Å²) in [7, 11) is 0. The molecular formula is C15H17NO2. The number of rotatable bonds is 2. The highest BCUT2D eigenvalue weighted by atomic mass is 16.4. The summed E-state index contributed by atoms with van der Waals surface area (Å²) in [6.07, 6.45) is 0. The van der Waals surface area contributed by atoms with Crippen molar-refractivity contribution in [1.82, 2.24) is 4.98 Å². The molecule has 94 valence electrons. The maximum Gasteiger partial charge on any atom is 0.337 e. The Morgan fingerprint density at radius 2 is 1.61 bits per heavy atom. The molecule has 0 saturated carbocycles. The van der Waals surface area contributed by atoms with Crippen molar-refractivity contribution in [2.24, 2.45) is 0 Å². The Morgan fingerprint density at radius 1 is 1.00 bits per heavy atom. The lowest BCUT2D eigenvalue weighted by Gasteiger charge is -2.08. The second-order valence-corrected chi connectivity index (χ2v) is 4.78. The predicted octanol–water partition coefficient (Wildman–Crippen LogP) is 3.61. The van der Waals surface area contributed by atoms with Crippen molar-refractivity contribution in [3.63, 3.8) is 0 Å². The molecule has 0 unspecified atom stereocenters. The number of aromatic amines is 1. The van der Waals surface area contributed by atoms with E-state index < -0.39 is 5.97 Å². The van der Waals surface area contributed by atoms with Crippen LogP contribution in [0.25, 0.3) is 11.3 Å². The third-order valence-corrected chi connectivity index (χ3v) is 3.38. The van der Waals surface area contributed by atoms with Crippen molar-refractivity contribution in [2.75, 3.05) is 0 Å². The fraction of sp³-hybridized carbons (Fsp3) is 0.267. The third kappa shape index (κ3) is 2.04.